The summed E-state index contributed by atoms with van der Waals surface area (Å²) in [5.74, 6) is -8.12. The fourth-order valence-electron chi connectivity index (χ4n) is 4.57. The van der Waals surface area contributed by atoms with Crippen molar-refractivity contribution >= 4 is 41.8 Å². The molecule has 0 aromatic carbocycles. The van der Waals surface area contributed by atoms with Crippen molar-refractivity contribution in [2.45, 2.75) is 96.3 Å². The molecular formula is C26H36O18. The Kier molecular flexibility index (Phi) is 13.0. The molecule has 0 unspecified atom stereocenters. The first-order valence-electron chi connectivity index (χ1n) is 13.1. The van der Waals surface area contributed by atoms with Crippen molar-refractivity contribution in [3.05, 3.63) is 0 Å². The Balaban J connectivity index is 2.52. The largest absolute Gasteiger partial charge is 0.467 e. The van der Waals surface area contributed by atoms with Gasteiger partial charge in [-0.2, -0.15) is 0 Å². The normalized spacial score (nSPS) is 31.2. The summed E-state index contributed by atoms with van der Waals surface area (Å²) in [6, 6.07) is 0. The minimum atomic E-state index is -1.98. The van der Waals surface area contributed by atoms with Crippen LogP contribution in [0.1, 0.15) is 41.5 Å². The Morgan fingerprint density at radius 3 is 1.61 bits per heavy atom. The van der Waals surface area contributed by atoms with E-state index >= 15 is 0 Å². The number of carbonyl (C=O) groups is 7. The molecule has 9 atom stereocenters. The molecule has 2 rings (SSSR count). The molecule has 18 nitrogen and oxygen atoms in total. The summed E-state index contributed by atoms with van der Waals surface area (Å²) in [5, 5.41) is 0. The van der Waals surface area contributed by atoms with Crippen LogP contribution < -0.4 is 0 Å². The molecule has 0 aliphatic carbocycles. The van der Waals surface area contributed by atoms with Gasteiger partial charge in [0.1, 0.15) is 12.7 Å². The first kappa shape index (κ1) is 36.3. The van der Waals surface area contributed by atoms with Crippen LogP contribution in [0.4, 0.5) is 0 Å². The van der Waals surface area contributed by atoms with Crippen LogP contribution in [0.15, 0.2) is 0 Å². The van der Waals surface area contributed by atoms with Crippen molar-refractivity contribution in [1.29, 1.82) is 0 Å². The summed E-state index contributed by atoms with van der Waals surface area (Å²) in [5.41, 5.74) is 0. The maximum absolute atomic E-state index is 12.7. The molecule has 0 N–H and O–H groups in total. The molecule has 0 saturated carbocycles. The van der Waals surface area contributed by atoms with Crippen molar-refractivity contribution in [2.24, 2.45) is 0 Å². The Labute approximate surface area is 251 Å². The lowest BCUT2D eigenvalue weighted by Gasteiger charge is -2.43. The number of hydrogen-bond acceptors (Lipinski definition) is 18. The zero-order chi connectivity index (χ0) is 33.4. The van der Waals surface area contributed by atoms with Gasteiger partial charge in [-0.05, 0) is 0 Å². The maximum atomic E-state index is 12.7. The highest BCUT2D eigenvalue weighted by molar-refractivity contribution is 5.77. The second-order valence-electron chi connectivity index (χ2n) is 9.56. The molecule has 0 radical (unpaired) electrons. The van der Waals surface area contributed by atoms with E-state index in [9.17, 15) is 33.6 Å². The van der Waals surface area contributed by atoms with Crippen LogP contribution in [0.3, 0.4) is 0 Å². The third kappa shape index (κ3) is 9.31. The highest BCUT2D eigenvalue weighted by atomic mass is 16.8. The third-order valence-corrected chi connectivity index (χ3v) is 6.13. The second-order valence-corrected chi connectivity index (χ2v) is 9.56. The van der Waals surface area contributed by atoms with E-state index in [0.717, 1.165) is 55.8 Å². The van der Waals surface area contributed by atoms with Gasteiger partial charge in [0.15, 0.2) is 42.9 Å². The van der Waals surface area contributed by atoms with Gasteiger partial charge in [0.2, 0.25) is 5.79 Å². The molecule has 0 spiro atoms. The highest BCUT2D eigenvalue weighted by Gasteiger charge is 2.62. The Bertz CT molecular complexity index is 1100. The number of carbonyl (C=O) groups excluding carboxylic acids is 7. The van der Waals surface area contributed by atoms with Crippen LogP contribution in [0.2, 0.25) is 0 Å². The first-order valence-corrected chi connectivity index (χ1v) is 13.1. The van der Waals surface area contributed by atoms with Crippen LogP contribution in [0.25, 0.3) is 0 Å². The van der Waals surface area contributed by atoms with Gasteiger partial charge in [0.05, 0.1) is 13.7 Å². The number of ether oxygens (including phenoxy) is 11. The van der Waals surface area contributed by atoms with E-state index in [0.29, 0.717) is 0 Å². The summed E-state index contributed by atoms with van der Waals surface area (Å²) in [7, 11) is 2.18. The molecule has 2 aliphatic heterocycles. The smallest absolute Gasteiger partial charge is 0.339 e. The quantitative estimate of drug-likeness (QED) is 0.182. The maximum Gasteiger partial charge on any atom is 0.339 e. The monoisotopic (exact) mass is 636 g/mol. The zero-order valence-corrected chi connectivity index (χ0v) is 25.4. The minimum Gasteiger partial charge on any atom is -0.467 e. The van der Waals surface area contributed by atoms with E-state index < -0.39 is 110 Å². The van der Waals surface area contributed by atoms with Gasteiger partial charge in [-0.1, -0.05) is 0 Å². The van der Waals surface area contributed by atoms with Crippen LogP contribution >= 0.6 is 0 Å². The van der Waals surface area contributed by atoms with E-state index in [2.05, 4.69) is 0 Å². The average molecular weight is 637 g/mol. The summed E-state index contributed by atoms with van der Waals surface area (Å²) in [4.78, 5) is 84.2. The molecule has 2 saturated heterocycles. The van der Waals surface area contributed by atoms with E-state index in [-0.39, 0.29) is 0 Å². The number of methoxy groups -OCH3 is 2. The Morgan fingerprint density at radius 1 is 0.636 bits per heavy atom. The van der Waals surface area contributed by atoms with E-state index in [1.54, 1.807) is 0 Å². The molecule has 2 fully saturated rings. The van der Waals surface area contributed by atoms with Crippen molar-refractivity contribution in [3.8, 4) is 0 Å². The van der Waals surface area contributed by atoms with Gasteiger partial charge in [-0.25, -0.2) is 4.79 Å². The second kappa shape index (κ2) is 15.7. The van der Waals surface area contributed by atoms with Gasteiger partial charge >= 0.3 is 41.8 Å². The molecule has 248 valence electrons. The van der Waals surface area contributed by atoms with Gasteiger partial charge < -0.3 is 52.1 Å². The summed E-state index contributed by atoms with van der Waals surface area (Å²) >= 11 is 0. The van der Waals surface area contributed by atoms with Gasteiger partial charge in [-0.15, -0.1) is 0 Å². The lowest BCUT2D eigenvalue weighted by molar-refractivity contribution is -0.311. The SMILES string of the molecule is COC(=O)[C@H]1O[C@H](OC[C@H]2O[C@@](COC(C)=O)(OC)[C@@H](OC(C)=O)[C@@H]2OC(C)=O)[C@H](OC(C)=O)[C@@H](OC(C)=O)[C@@H]1OC(C)=O. The number of rotatable bonds is 12. The summed E-state index contributed by atoms with van der Waals surface area (Å²) < 4.78 is 59.3. The molecule has 18 heteroatoms. The van der Waals surface area contributed by atoms with Crippen LogP contribution in [-0.2, 0) is 85.7 Å². The van der Waals surface area contributed by atoms with Crippen molar-refractivity contribution < 1.29 is 85.7 Å². The molecule has 0 aromatic heterocycles. The van der Waals surface area contributed by atoms with Crippen LogP contribution in [0, 0.1) is 0 Å². The fraction of sp³-hybridized carbons (Fsp3) is 0.731. The lowest BCUT2D eigenvalue weighted by Crippen LogP contribution is -2.64. The van der Waals surface area contributed by atoms with E-state index in [4.69, 9.17) is 52.1 Å². The van der Waals surface area contributed by atoms with Crippen molar-refractivity contribution in [1.82, 2.24) is 0 Å². The van der Waals surface area contributed by atoms with Crippen molar-refractivity contribution in [2.75, 3.05) is 27.4 Å². The lowest BCUT2D eigenvalue weighted by atomic mass is 9.97. The predicted octanol–water partition coefficient (Wildman–Crippen LogP) is -1.14. The van der Waals surface area contributed by atoms with Gasteiger partial charge in [0.25, 0.3) is 0 Å². The van der Waals surface area contributed by atoms with Crippen LogP contribution in [-0.4, -0.2) is 124 Å². The standard InChI is InChI=1S/C26H36O18/c1-11(27)37-10-26(35-8)23(42-16(6)32)18(38-12(2)28)17(44-26)9-36-25-22(41-15(5)31)20(40-14(4)30)19(39-13(3)29)21(43-25)24(33)34-7/h17-23,25H,9-10H2,1-8H3/t17-,18-,19+,20+,21+,22-,23+,25+,26-/m1/s1. The van der Waals surface area contributed by atoms with Crippen molar-refractivity contribution in [3.63, 3.8) is 0 Å². The number of hydrogen-bond donors (Lipinski definition) is 0. The Hall–Kier alpha value is -3.87. The predicted molar refractivity (Wildman–Crippen MR) is 136 cm³/mol. The first-order chi connectivity index (χ1) is 20.5. The van der Waals surface area contributed by atoms with Gasteiger partial charge in [0, 0.05) is 48.7 Å². The molecule has 0 aromatic rings. The fourth-order valence-corrected chi connectivity index (χ4v) is 4.57. The van der Waals surface area contributed by atoms with E-state index in [1.165, 1.54) is 0 Å². The van der Waals surface area contributed by atoms with Crippen LogP contribution in [0.5, 0.6) is 0 Å². The zero-order valence-electron chi connectivity index (χ0n) is 25.4. The topological polar surface area (TPSA) is 221 Å². The minimum absolute atomic E-state index is 0.607. The van der Waals surface area contributed by atoms with E-state index in [1.807, 2.05) is 0 Å². The molecule has 44 heavy (non-hydrogen) atoms. The molecular weight excluding hydrogens is 600 g/mol. The number of esters is 7. The summed E-state index contributed by atoms with van der Waals surface area (Å²) in [6.45, 7) is 5.10. The summed E-state index contributed by atoms with van der Waals surface area (Å²) in [6.07, 6.45) is -12.6. The molecule has 2 aliphatic rings. The molecule has 0 bridgehead atoms. The van der Waals surface area contributed by atoms with Gasteiger partial charge in [-0.3, -0.25) is 28.8 Å². The average Bonchev–Trinajstić information content (AvgIpc) is 3.18. The molecule has 0 amide bonds. The molecule has 2 heterocycles. The third-order valence-electron chi connectivity index (χ3n) is 6.13. The Morgan fingerprint density at radius 2 is 1.14 bits per heavy atom. The highest BCUT2D eigenvalue weighted by Crippen LogP contribution is 2.38.